The second kappa shape index (κ2) is 5.25. The monoisotopic (exact) mass is 223 g/mol. The second-order valence-corrected chi connectivity index (χ2v) is 4.39. The molecule has 1 fully saturated rings. The Labute approximate surface area is 95.7 Å². The first-order chi connectivity index (χ1) is 7.75. The molecule has 1 atom stereocenters. The van der Waals surface area contributed by atoms with Crippen LogP contribution in [-0.2, 0) is 0 Å². The topological polar surface area (TPSA) is 28.2 Å². The van der Waals surface area contributed by atoms with Crippen molar-refractivity contribution >= 4 is 5.82 Å². The van der Waals surface area contributed by atoms with Gasteiger partial charge in [0.15, 0.2) is 11.6 Å². The molecule has 1 saturated heterocycles. The third-order valence-corrected chi connectivity index (χ3v) is 2.87. The molecule has 0 radical (unpaired) electrons. The van der Waals surface area contributed by atoms with Gasteiger partial charge in [0.2, 0.25) is 0 Å². The number of nitrogens with zero attached hydrogens (tertiary/aromatic N) is 2. The van der Waals surface area contributed by atoms with Crippen LogP contribution in [0.3, 0.4) is 0 Å². The van der Waals surface area contributed by atoms with Gasteiger partial charge in [0.05, 0.1) is 0 Å². The van der Waals surface area contributed by atoms with Crippen LogP contribution in [-0.4, -0.2) is 35.6 Å². The van der Waals surface area contributed by atoms with Gasteiger partial charge in [0.1, 0.15) is 0 Å². The van der Waals surface area contributed by atoms with Gasteiger partial charge in [-0.25, -0.2) is 9.37 Å². The number of anilines is 1. The SMILES string of the molecule is CC(CN1CCCC1)Nc1ncccc1F. The molecular formula is C12H18FN3. The van der Waals surface area contributed by atoms with E-state index in [4.69, 9.17) is 0 Å². The average Bonchev–Trinajstić information content (AvgIpc) is 2.74. The van der Waals surface area contributed by atoms with E-state index in [2.05, 4.69) is 22.1 Å². The van der Waals surface area contributed by atoms with E-state index in [1.165, 1.54) is 18.9 Å². The van der Waals surface area contributed by atoms with E-state index < -0.39 is 0 Å². The first kappa shape index (κ1) is 11.3. The standard InChI is InChI=1S/C12H18FN3/c1-10(9-16-7-2-3-8-16)15-12-11(13)5-4-6-14-12/h4-6,10H,2-3,7-9H2,1H3,(H,14,15). The Morgan fingerprint density at radius 1 is 1.50 bits per heavy atom. The van der Waals surface area contributed by atoms with Gasteiger partial charge in [-0.2, -0.15) is 0 Å². The van der Waals surface area contributed by atoms with Crippen molar-refractivity contribution in [2.75, 3.05) is 25.0 Å². The zero-order valence-corrected chi connectivity index (χ0v) is 9.62. The fourth-order valence-corrected chi connectivity index (χ4v) is 2.12. The quantitative estimate of drug-likeness (QED) is 0.847. The van der Waals surface area contributed by atoms with Gasteiger partial charge in [0.25, 0.3) is 0 Å². The lowest BCUT2D eigenvalue weighted by Crippen LogP contribution is -2.33. The van der Waals surface area contributed by atoms with Crippen molar-refractivity contribution in [3.05, 3.63) is 24.1 Å². The first-order valence-corrected chi connectivity index (χ1v) is 5.85. The minimum absolute atomic E-state index is 0.225. The molecule has 1 unspecified atom stereocenters. The minimum atomic E-state index is -0.282. The Morgan fingerprint density at radius 2 is 2.25 bits per heavy atom. The van der Waals surface area contributed by atoms with Crippen molar-refractivity contribution in [2.45, 2.75) is 25.8 Å². The zero-order chi connectivity index (χ0) is 11.4. The Morgan fingerprint density at radius 3 is 2.94 bits per heavy atom. The molecular weight excluding hydrogens is 205 g/mol. The normalized spacial score (nSPS) is 18.6. The van der Waals surface area contributed by atoms with Gasteiger partial charge >= 0.3 is 0 Å². The van der Waals surface area contributed by atoms with Gasteiger partial charge in [-0.05, 0) is 45.0 Å². The van der Waals surface area contributed by atoms with Gasteiger partial charge in [-0.3, -0.25) is 0 Å². The second-order valence-electron chi connectivity index (χ2n) is 4.39. The van der Waals surface area contributed by atoms with Crippen LogP contribution < -0.4 is 5.32 Å². The summed E-state index contributed by atoms with van der Waals surface area (Å²) in [6, 6.07) is 3.26. The summed E-state index contributed by atoms with van der Waals surface area (Å²) in [5.74, 6) is 0.0740. The predicted molar refractivity (Wildman–Crippen MR) is 63.0 cm³/mol. The Hall–Kier alpha value is -1.16. The smallest absolute Gasteiger partial charge is 0.165 e. The molecule has 1 aromatic heterocycles. The fourth-order valence-electron chi connectivity index (χ4n) is 2.12. The molecule has 16 heavy (non-hydrogen) atoms. The number of pyridine rings is 1. The molecule has 1 aromatic rings. The minimum Gasteiger partial charge on any atom is -0.364 e. The molecule has 2 heterocycles. The van der Waals surface area contributed by atoms with Crippen LogP contribution in [0.4, 0.5) is 10.2 Å². The maximum Gasteiger partial charge on any atom is 0.165 e. The van der Waals surface area contributed by atoms with Crippen molar-refractivity contribution < 1.29 is 4.39 Å². The van der Waals surface area contributed by atoms with E-state index in [0.29, 0.717) is 5.82 Å². The summed E-state index contributed by atoms with van der Waals surface area (Å²) < 4.78 is 13.3. The number of hydrogen-bond donors (Lipinski definition) is 1. The molecule has 1 aliphatic rings. The fraction of sp³-hybridized carbons (Fsp3) is 0.583. The molecule has 0 bridgehead atoms. The number of nitrogens with one attached hydrogen (secondary N) is 1. The average molecular weight is 223 g/mol. The van der Waals surface area contributed by atoms with Gasteiger partial charge < -0.3 is 10.2 Å². The van der Waals surface area contributed by atoms with E-state index in [1.54, 1.807) is 12.3 Å². The van der Waals surface area contributed by atoms with Crippen LogP contribution in [0, 0.1) is 5.82 Å². The zero-order valence-electron chi connectivity index (χ0n) is 9.62. The highest BCUT2D eigenvalue weighted by Gasteiger charge is 2.15. The number of likely N-dealkylation sites (tertiary alicyclic amines) is 1. The summed E-state index contributed by atoms with van der Waals surface area (Å²) >= 11 is 0. The largest absolute Gasteiger partial charge is 0.364 e. The van der Waals surface area contributed by atoms with Crippen LogP contribution in [0.1, 0.15) is 19.8 Å². The first-order valence-electron chi connectivity index (χ1n) is 5.85. The summed E-state index contributed by atoms with van der Waals surface area (Å²) in [6.45, 7) is 5.34. The molecule has 4 heteroatoms. The van der Waals surface area contributed by atoms with E-state index in [0.717, 1.165) is 19.6 Å². The summed E-state index contributed by atoms with van der Waals surface area (Å²) in [5, 5.41) is 3.11. The summed E-state index contributed by atoms with van der Waals surface area (Å²) in [4.78, 5) is 6.39. The number of aromatic nitrogens is 1. The van der Waals surface area contributed by atoms with Crippen molar-refractivity contribution in [3.8, 4) is 0 Å². The Balaban J connectivity index is 1.86. The van der Waals surface area contributed by atoms with E-state index >= 15 is 0 Å². The summed E-state index contributed by atoms with van der Waals surface area (Å²) in [6.07, 6.45) is 4.17. The molecule has 2 rings (SSSR count). The van der Waals surface area contributed by atoms with Crippen molar-refractivity contribution in [1.29, 1.82) is 0 Å². The van der Waals surface area contributed by atoms with Crippen LogP contribution >= 0.6 is 0 Å². The van der Waals surface area contributed by atoms with Gasteiger partial charge in [-0.15, -0.1) is 0 Å². The molecule has 0 aliphatic carbocycles. The Bertz CT molecular complexity index is 337. The van der Waals surface area contributed by atoms with Crippen LogP contribution in [0.5, 0.6) is 0 Å². The molecule has 0 aromatic carbocycles. The predicted octanol–water partition coefficient (Wildman–Crippen LogP) is 2.12. The summed E-state index contributed by atoms with van der Waals surface area (Å²) in [7, 11) is 0. The third kappa shape index (κ3) is 2.92. The van der Waals surface area contributed by atoms with Crippen molar-refractivity contribution in [2.24, 2.45) is 0 Å². The van der Waals surface area contributed by atoms with Crippen LogP contribution in [0.25, 0.3) is 0 Å². The van der Waals surface area contributed by atoms with Crippen LogP contribution in [0.15, 0.2) is 18.3 Å². The highest BCUT2D eigenvalue weighted by atomic mass is 19.1. The Kier molecular flexibility index (Phi) is 3.72. The lowest BCUT2D eigenvalue weighted by atomic mass is 10.3. The molecule has 0 amide bonds. The number of halogens is 1. The lowest BCUT2D eigenvalue weighted by Gasteiger charge is -2.21. The number of hydrogen-bond acceptors (Lipinski definition) is 3. The maximum absolute atomic E-state index is 13.3. The number of rotatable bonds is 4. The highest BCUT2D eigenvalue weighted by molar-refractivity contribution is 5.36. The molecule has 1 aliphatic heterocycles. The lowest BCUT2D eigenvalue weighted by molar-refractivity contribution is 0.327. The molecule has 0 saturated carbocycles. The third-order valence-electron chi connectivity index (χ3n) is 2.87. The molecule has 0 spiro atoms. The van der Waals surface area contributed by atoms with Gasteiger partial charge in [-0.1, -0.05) is 0 Å². The highest BCUT2D eigenvalue weighted by Crippen LogP contribution is 2.12. The van der Waals surface area contributed by atoms with E-state index in [9.17, 15) is 4.39 Å². The molecule has 1 N–H and O–H groups in total. The van der Waals surface area contributed by atoms with Crippen molar-refractivity contribution in [1.82, 2.24) is 9.88 Å². The molecule has 88 valence electrons. The van der Waals surface area contributed by atoms with E-state index in [1.807, 2.05) is 0 Å². The maximum atomic E-state index is 13.3. The van der Waals surface area contributed by atoms with Crippen molar-refractivity contribution in [3.63, 3.8) is 0 Å². The van der Waals surface area contributed by atoms with Gasteiger partial charge in [0, 0.05) is 18.8 Å². The molecule has 3 nitrogen and oxygen atoms in total. The van der Waals surface area contributed by atoms with Crippen LogP contribution in [0.2, 0.25) is 0 Å². The van der Waals surface area contributed by atoms with E-state index in [-0.39, 0.29) is 11.9 Å². The summed E-state index contributed by atoms with van der Waals surface area (Å²) in [5.41, 5.74) is 0.